The fourth-order valence-electron chi connectivity index (χ4n) is 1.71. The van der Waals surface area contributed by atoms with Gasteiger partial charge < -0.3 is 15.2 Å². The van der Waals surface area contributed by atoms with Gasteiger partial charge in [0, 0.05) is 19.7 Å². The number of nitro benzene ring substituents is 1. The molecule has 0 bridgehead atoms. The maximum atomic E-state index is 11.9. The van der Waals surface area contributed by atoms with Crippen LogP contribution in [0.15, 0.2) is 18.2 Å². The van der Waals surface area contributed by atoms with Gasteiger partial charge in [0.25, 0.3) is 11.6 Å². The second-order valence-electron chi connectivity index (χ2n) is 4.43. The lowest BCUT2D eigenvalue weighted by Gasteiger charge is -2.10. The lowest BCUT2D eigenvalue weighted by molar-refractivity contribution is -0.385. The molecule has 0 radical (unpaired) electrons. The first-order valence-electron chi connectivity index (χ1n) is 6.16. The first-order chi connectivity index (χ1) is 9.45. The van der Waals surface area contributed by atoms with Crippen molar-refractivity contribution < 1.29 is 19.6 Å². The van der Waals surface area contributed by atoms with Gasteiger partial charge in [-0.3, -0.25) is 14.9 Å². The Labute approximate surface area is 116 Å². The summed E-state index contributed by atoms with van der Waals surface area (Å²) < 4.78 is 4.76. The minimum absolute atomic E-state index is 0.0243. The van der Waals surface area contributed by atoms with Crippen LogP contribution in [0.4, 0.5) is 5.69 Å². The largest absolute Gasteiger partial charge is 0.391 e. The van der Waals surface area contributed by atoms with E-state index in [1.807, 2.05) is 0 Å². The molecule has 0 fully saturated rings. The smallest absolute Gasteiger partial charge is 0.282 e. The predicted molar refractivity (Wildman–Crippen MR) is 72.7 cm³/mol. The Kier molecular flexibility index (Phi) is 6.08. The number of carbonyl (C=O) groups excluding carboxylic acids is 1. The lowest BCUT2D eigenvalue weighted by Crippen LogP contribution is -2.29. The van der Waals surface area contributed by atoms with Gasteiger partial charge >= 0.3 is 0 Å². The van der Waals surface area contributed by atoms with E-state index in [1.54, 1.807) is 13.0 Å². The number of rotatable bonds is 7. The molecule has 1 unspecified atom stereocenters. The number of nitrogens with one attached hydrogen (secondary N) is 1. The first-order valence-corrected chi connectivity index (χ1v) is 6.16. The molecule has 7 heteroatoms. The molecule has 0 spiro atoms. The Balaban J connectivity index is 2.68. The lowest BCUT2D eigenvalue weighted by atomic mass is 10.1. The molecule has 0 aliphatic rings. The number of ether oxygens (including phenoxy) is 1. The molecule has 0 aliphatic carbocycles. The summed E-state index contributed by atoms with van der Waals surface area (Å²) in [5.41, 5.74) is 0.557. The number of hydrogen-bond donors (Lipinski definition) is 2. The van der Waals surface area contributed by atoms with E-state index in [1.165, 1.54) is 19.2 Å². The van der Waals surface area contributed by atoms with Crippen molar-refractivity contribution in [2.75, 3.05) is 20.3 Å². The van der Waals surface area contributed by atoms with Crippen LogP contribution < -0.4 is 5.32 Å². The summed E-state index contributed by atoms with van der Waals surface area (Å²) >= 11 is 0. The van der Waals surface area contributed by atoms with Crippen LogP contribution in [-0.4, -0.2) is 42.3 Å². The van der Waals surface area contributed by atoms with E-state index in [-0.39, 0.29) is 24.4 Å². The number of amides is 1. The zero-order chi connectivity index (χ0) is 15.1. The monoisotopic (exact) mass is 282 g/mol. The van der Waals surface area contributed by atoms with Crippen molar-refractivity contribution >= 4 is 11.6 Å². The van der Waals surface area contributed by atoms with Crippen LogP contribution in [0.1, 0.15) is 22.3 Å². The van der Waals surface area contributed by atoms with Gasteiger partial charge in [0.15, 0.2) is 0 Å². The van der Waals surface area contributed by atoms with Gasteiger partial charge in [-0.25, -0.2) is 0 Å². The van der Waals surface area contributed by atoms with Crippen molar-refractivity contribution in [1.29, 1.82) is 0 Å². The number of carbonyl (C=O) groups is 1. The van der Waals surface area contributed by atoms with Gasteiger partial charge in [0.05, 0.1) is 17.6 Å². The summed E-state index contributed by atoms with van der Waals surface area (Å²) in [6, 6.07) is 4.36. The maximum absolute atomic E-state index is 11.9. The van der Waals surface area contributed by atoms with E-state index in [0.29, 0.717) is 6.42 Å². The summed E-state index contributed by atoms with van der Waals surface area (Å²) in [4.78, 5) is 22.2. The van der Waals surface area contributed by atoms with Gasteiger partial charge in [0.1, 0.15) is 5.56 Å². The van der Waals surface area contributed by atoms with Crippen LogP contribution in [-0.2, 0) is 4.74 Å². The minimum atomic E-state index is -0.673. The summed E-state index contributed by atoms with van der Waals surface area (Å²) in [6.45, 7) is 2.15. The Morgan fingerprint density at radius 1 is 1.55 bits per heavy atom. The molecule has 1 atom stereocenters. The molecule has 7 nitrogen and oxygen atoms in total. The Morgan fingerprint density at radius 2 is 2.25 bits per heavy atom. The van der Waals surface area contributed by atoms with E-state index >= 15 is 0 Å². The maximum Gasteiger partial charge on any atom is 0.282 e. The quantitative estimate of drug-likeness (QED) is 0.574. The van der Waals surface area contributed by atoms with Gasteiger partial charge in [-0.2, -0.15) is 0 Å². The Hall–Kier alpha value is -1.99. The van der Waals surface area contributed by atoms with Crippen LogP contribution in [0.2, 0.25) is 0 Å². The highest BCUT2D eigenvalue weighted by Gasteiger charge is 2.19. The molecule has 1 amide bonds. The van der Waals surface area contributed by atoms with E-state index in [9.17, 15) is 20.0 Å². The third kappa shape index (κ3) is 4.60. The van der Waals surface area contributed by atoms with Crippen LogP contribution in [0, 0.1) is 17.0 Å². The molecule has 110 valence electrons. The van der Waals surface area contributed by atoms with Crippen molar-refractivity contribution in [3.63, 3.8) is 0 Å². The van der Waals surface area contributed by atoms with Crippen molar-refractivity contribution in [3.8, 4) is 0 Å². The van der Waals surface area contributed by atoms with Crippen molar-refractivity contribution in [2.24, 2.45) is 0 Å². The summed E-state index contributed by atoms with van der Waals surface area (Å²) in [6.07, 6.45) is -0.355. The average molecular weight is 282 g/mol. The molecule has 0 saturated carbocycles. The molecular formula is C13H18N2O5. The minimum Gasteiger partial charge on any atom is -0.391 e. The fraction of sp³-hybridized carbons (Fsp3) is 0.462. The number of hydrogen-bond acceptors (Lipinski definition) is 5. The van der Waals surface area contributed by atoms with Crippen LogP contribution in [0.5, 0.6) is 0 Å². The number of nitrogens with zero attached hydrogens (tertiary/aromatic N) is 1. The number of aryl methyl sites for hydroxylation is 1. The van der Waals surface area contributed by atoms with Gasteiger partial charge in [-0.05, 0) is 25.0 Å². The SMILES string of the molecule is COCC(O)CCNC(=O)c1cc(C)ccc1[N+](=O)[O-]. The molecular weight excluding hydrogens is 264 g/mol. The third-order valence-electron chi connectivity index (χ3n) is 2.72. The van der Waals surface area contributed by atoms with Crippen LogP contribution in [0.25, 0.3) is 0 Å². The topological polar surface area (TPSA) is 102 Å². The van der Waals surface area contributed by atoms with Crippen LogP contribution in [0.3, 0.4) is 0 Å². The second kappa shape index (κ2) is 7.56. The number of methoxy groups -OCH3 is 1. The van der Waals surface area contributed by atoms with E-state index in [4.69, 9.17) is 4.74 Å². The van der Waals surface area contributed by atoms with E-state index < -0.39 is 16.9 Å². The highest BCUT2D eigenvalue weighted by molar-refractivity contribution is 5.98. The number of aliphatic hydroxyl groups is 1. The molecule has 0 aromatic heterocycles. The van der Waals surface area contributed by atoms with Gasteiger partial charge in [0.2, 0.25) is 0 Å². The van der Waals surface area contributed by atoms with Crippen molar-refractivity contribution in [3.05, 3.63) is 39.4 Å². The molecule has 0 heterocycles. The van der Waals surface area contributed by atoms with Crippen molar-refractivity contribution in [1.82, 2.24) is 5.32 Å². The Morgan fingerprint density at radius 3 is 2.85 bits per heavy atom. The normalized spacial score (nSPS) is 11.9. The summed E-state index contributed by atoms with van der Waals surface area (Å²) in [5.74, 6) is -0.523. The van der Waals surface area contributed by atoms with E-state index in [0.717, 1.165) is 5.56 Å². The number of aliphatic hydroxyl groups excluding tert-OH is 1. The van der Waals surface area contributed by atoms with Crippen molar-refractivity contribution in [2.45, 2.75) is 19.4 Å². The first kappa shape index (κ1) is 16.1. The van der Waals surface area contributed by atoms with Gasteiger partial charge in [-0.1, -0.05) is 6.07 Å². The molecule has 1 rings (SSSR count). The van der Waals surface area contributed by atoms with Crippen LogP contribution >= 0.6 is 0 Å². The zero-order valence-electron chi connectivity index (χ0n) is 11.5. The zero-order valence-corrected chi connectivity index (χ0v) is 11.5. The summed E-state index contributed by atoms with van der Waals surface area (Å²) in [5, 5.41) is 22.9. The number of nitro groups is 1. The Bertz CT molecular complexity index is 490. The van der Waals surface area contributed by atoms with Gasteiger partial charge in [-0.15, -0.1) is 0 Å². The fourth-order valence-corrected chi connectivity index (χ4v) is 1.71. The summed E-state index contributed by atoms with van der Waals surface area (Å²) in [7, 11) is 1.47. The molecule has 0 aliphatic heterocycles. The molecule has 0 saturated heterocycles. The predicted octanol–water partition coefficient (Wildman–Crippen LogP) is 1.03. The second-order valence-corrected chi connectivity index (χ2v) is 4.43. The molecule has 1 aromatic rings. The third-order valence-corrected chi connectivity index (χ3v) is 2.72. The average Bonchev–Trinajstić information content (AvgIpc) is 2.38. The van der Waals surface area contributed by atoms with E-state index in [2.05, 4.69) is 5.32 Å². The molecule has 20 heavy (non-hydrogen) atoms. The number of benzene rings is 1. The standard InChI is InChI=1S/C13H18N2O5/c1-9-3-4-12(15(18)19)11(7-9)13(17)14-6-5-10(16)8-20-2/h3-4,7,10,16H,5-6,8H2,1-2H3,(H,14,17). The molecule has 2 N–H and O–H groups in total. The highest BCUT2D eigenvalue weighted by Crippen LogP contribution is 2.19. The highest BCUT2D eigenvalue weighted by atomic mass is 16.6. The molecule has 1 aromatic carbocycles.